The van der Waals surface area contributed by atoms with Gasteiger partial charge in [-0.15, -0.1) is 0 Å². The predicted octanol–water partition coefficient (Wildman–Crippen LogP) is -7.12. The van der Waals surface area contributed by atoms with Gasteiger partial charge in [-0.25, -0.2) is 0 Å². The first-order valence-corrected chi connectivity index (χ1v) is 4.93. The molecule has 90 valence electrons. The number of nitrogens with zero attached hydrogens (tertiary/aromatic N) is 2. The standard InChI is InChI=1S/C12H8N2O4.2K/c15-11(16)7-1-3-13-9(5-7)10-6-8(12(17)18)2-4-14-10;;/h1-6H,(H,15,16)(H,17,18);;/q;2*+1/p-2. The monoisotopic (exact) mass is 320 g/mol. The maximum Gasteiger partial charge on any atom is 1.00 e. The van der Waals surface area contributed by atoms with Crippen LogP contribution in [0.1, 0.15) is 20.7 Å². The van der Waals surface area contributed by atoms with E-state index in [4.69, 9.17) is 0 Å². The van der Waals surface area contributed by atoms with E-state index in [1.165, 1.54) is 36.7 Å². The van der Waals surface area contributed by atoms with Crippen molar-refractivity contribution in [2.45, 2.75) is 0 Å². The second kappa shape index (κ2) is 9.51. The van der Waals surface area contributed by atoms with E-state index < -0.39 is 11.9 Å². The summed E-state index contributed by atoms with van der Waals surface area (Å²) in [6, 6.07) is 5.08. The summed E-state index contributed by atoms with van der Waals surface area (Å²) in [5, 5.41) is 21.4. The number of carboxylic acids is 2. The van der Waals surface area contributed by atoms with E-state index in [-0.39, 0.29) is 125 Å². The third-order valence-corrected chi connectivity index (χ3v) is 2.25. The number of pyridine rings is 2. The minimum Gasteiger partial charge on any atom is -0.545 e. The van der Waals surface area contributed by atoms with E-state index in [2.05, 4.69) is 9.97 Å². The molecule has 0 aliphatic heterocycles. The molecule has 0 saturated carbocycles. The van der Waals surface area contributed by atoms with Crippen LogP contribution in [0.2, 0.25) is 0 Å². The quantitative estimate of drug-likeness (QED) is 0.520. The molecular weight excluding hydrogens is 314 g/mol. The van der Waals surface area contributed by atoms with Gasteiger partial charge < -0.3 is 19.8 Å². The summed E-state index contributed by atoms with van der Waals surface area (Å²) >= 11 is 0. The van der Waals surface area contributed by atoms with Crippen molar-refractivity contribution in [3.05, 3.63) is 47.8 Å². The van der Waals surface area contributed by atoms with Crippen molar-refractivity contribution in [1.29, 1.82) is 0 Å². The summed E-state index contributed by atoms with van der Waals surface area (Å²) < 4.78 is 0. The Morgan fingerprint density at radius 3 is 1.45 bits per heavy atom. The smallest absolute Gasteiger partial charge is 0.545 e. The van der Waals surface area contributed by atoms with Crippen LogP contribution < -0.4 is 113 Å². The second-order valence-electron chi connectivity index (χ2n) is 3.43. The summed E-state index contributed by atoms with van der Waals surface area (Å²) in [7, 11) is 0. The molecule has 2 aromatic rings. The Labute approximate surface area is 199 Å². The SMILES string of the molecule is O=C([O-])c1ccnc(-c2cc(C(=O)[O-])ccn2)c1.[K+].[K+]. The van der Waals surface area contributed by atoms with Gasteiger partial charge in [0.05, 0.1) is 23.3 Å². The molecule has 2 heterocycles. The Morgan fingerprint density at radius 2 is 1.15 bits per heavy atom. The molecule has 6 nitrogen and oxygen atoms in total. The molecule has 0 bridgehead atoms. The van der Waals surface area contributed by atoms with Gasteiger partial charge >= 0.3 is 103 Å². The van der Waals surface area contributed by atoms with Crippen molar-refractivity contribution in [3.63, 3.8) is 0 Å². The van der Waals surface area contributed by atoms with Gasteiger partial charge in [0.1, 0.15) is 0 Å². The van der Waals surface area contributed by atoms with Gasteiger partial charge in [-0.3, -0.25) is 9.97 Å². The summed E-state index contributed by atoms with van der Waals surface area (Å²) in [5.74, 6) is -2.68. The number of carbonyl (C=O) groups is 2. The molecule has 0 aliphatic rings. The van der Waals surface area contributed by atoms with Crippen LogP contribution in [0.3, 0.4) is 0 Å². The van der Waals surface area contributed by atoms with Crippen molar-refractivity contribution >= 4 is 11.9 Å². The van der Waals surface area contributed by atoms with Crippen LogP contribution in [0.5, 0.6) is 0 Å². The van der Waals surface area contributed by atoms with Crippen molar-refractivity contribution in [3.8, 4) is 11.4 Å². The molecular formula is C12H6K2N2O4. The van der Waals surface area contributed by atoms with Gasteiger partial charge in [0.2, 0.25) is 0 Å². The van der Waals surface area contributed by atoms with Crippen LogP contribution in [0, 0.1) is 0 Å². The van der Waals surface area contributed by atoms with Gasteiger partial charge in [-0.2, -0.15) is 0 Å². The number of carbonyl (C=O) groups excluding carboxylic acids is 2. The summed E-state index contributed by atoms with van der Waals surface area (Å²) in [6.07, 6.45) is 2.57. The third-order valence-electron chi connectivity index (χ3n) is 2.25. The van der Waals surface area contributed by atoms with E-state index in [0.29, 0.717) is 0 Å². The molecule has 0 aliphatic carbocycles. The van der Waals surface area contributed by atoms with E-state index in [1.807, 2.05) is 0 Å². The number of rotatable bonds is 3. The predicted molar refractivity (Wildman–Crippen MR) is 56.1 cm³/mol. The van der Waals surface area contributed by atoms with Crippen molar-refractivity contribution in [1.82, 2.24) is 9.97 Å². The van der Waals surface area contributed by atoms with Gasteiger partial charge in [0.25, 0.3) is 0 Å². The van der Waals surface area contributed by atoms with E-state index in [1.54, 1.807) is 0 Å². The number of hydrogen-bond acceptors (Lipinski definition) is 6. The number of aromatic carboxylic acids is 2. The first-order valence-electron chi connectivity index (χ1n) is 4.93. The zero-order valence-corrected chi connectivity index (χ0v) is 17.2. The van der Waals surface area contributed by atoms with Crippen molar-refractivity contribution < 1.29 is 123 Å². The molecule has 2 aromatic heterocycles. The Hall–Kier alpha value is 0.513. The fourth-order valence-electron chi connectivity index (χ4n) is 1.40. The van der Waals surface area contributed by atoms with Gasteiger partial charge in [0.15, 0.2) is 0 Å². The topological polar surface area (TPSA) is 106 Å². The van der Waals surface area contributed by atoms with Gasteiger partial charge in [0, 0.05) is 23.5 Å². The molecule has 0 amide bonds. The van der Waals surface area contributed by atoms with Crippen LogP contribution in [0.4, 0.5) is 0 Å². The molecule has 0 unspecified atom stereocenters. The minimum atomic E-state index is -1.34. The molecule has 0 fully saturated rings. The minimum absolute atomic E-state index is 0. The third kappa shape index (κ3) is 5.37. The van der Waals surface area contributed by atoms with Crippen molar-refractivity contribution in [2.24, 2.45) is 0 Å². The van der Waals surface area contributed by atoms with E-state index in [0.717, 1.165) is 0 Å². The largest absolute Gasteiger partial charge is 1.00 e. The zero-order valence-electron chi connectivity index (χ0n) is 11.0. The Bertz CT molecular complexity index is 579. The molecule has 0 saturated heterocycles. The Kier molecular flexibility index (Phi) is 9.76. The molecule has 0 aromatic carbocycles. The van der Waals surface area contributed by atoms with Gasteiger partial charge in [-0.05, 0) is 24.3 Å². The first kappa shape index (κ1) is 20.5. The summed E-state index contributed by atoms with van der Waals surface area (Å²) in [5.41, 5.74) is 0.390. The number of hydrogen-bond donors (Lipinski definition) is 0. The normalized spacial score (nSPS) is 9.00. The maximum absolute atomic E-state index is 10.7. The average molecular weight is 320 g/mol. The Morgan fingerprint density at radius 1 is 0.800 bits per heavy atom. The molecule has 0 radical (unpaired) electrons. The molecule has 0 spiro atoms. The average Bonchev–Trinajstić information content (AvgIpc) is 2.39. The molecule has 8 heteroatoms. The van der Waals surface area contributed by atoms with Gasteiger partial charge in [-0.1, -0.05) is 0 Å². The molecule has 20 heavy (non-hydrogen) atoms. The molecule has 2 rings (SSSR count). The van der Waals surface area contributed by atoms with E-state index >= 15 is 0 Å². The summed E-state index contributed by atoms with van der Waals surface area (Å²) in [4.78, 5) is 29.2. The van der Waals surface area contributed by atoms with E-state index in [9.17, 15) is 19.8 Å². The first-order chi connectivity index (χ1) is 8.58. The maximum atomic E-state index is 10.7. The molecule has 0 atom stereocenters. The summed E-state index contributed by atoms with van der Waals surface area (Å²) in [6.45, 7) is 0. The fourth-order valence-corrected chi connectivity index (χ4v) is 1.40. The fraction of sp³-hybridized carbons (Fsp3) is 0. The number of aromatic nitrogens is 2. The van der Waals surface area contributed by atoms with Crippen LogP contribution >= 0.6 is 0 Å². The number of carboxylic acid groups (broad SMARTS) is 2. The zero-order chi connectivity index (χ0) is 13.1. The second-order valence-corrected chi connectivity index (χ2v) is 3.43. The van der Waals surface area contributed by atoms with Crippen LogP contribution in [-0.4, -0.2) is 21.9 Å². The van der Waals surface area contributed by atoms with Crippen molar-refractivity contribution in [2.75, 3.05) is 0 Å². The van der Waals surface area contributed by atoms with Crippen LogP contribution in [-0.2, 0) is 0 Å². The van der Waals surface area contributed by atoms with Crippen LogP contribution in [0.25, 0.3) is 11.4 Å². The molecule has 0 N–H and O–H groups in total. The van der Waals surface area contributed by atoms with Crippen LogP contribution in [0.15, 0.2) is 36.7 Å². The Balaban J connectivity index is 0.00000180.